The summed E-state index contributed by atoms with van der Waals surface area (Å²) in [7, 11) is 0. The van der Waals surface area contributed by atoms with E-state index in [-0.39, 0.29) is 19.0 Å². The Balaban J connectivity index is 2.06. The fraction of sp³-hybridized carbons (Fsp3) is 0.286. The Morgan fingerprint density at radius 1 is 1.45 bits per heavy atom. The predicted molar refractivity (Wildman–Crippen MR) is 73.0 cm³/mol. The molecule has 0 spiro atoms. The first-order chi connectivity index (χ1) is 9.56. The Hall–Kier alpha value is -2.34. The molecule has 20 heavy (non-hydrogen) atoms. The summed E-state index contributed by atoms with van der Waals surface area (Å²) in [6.45, 7) is -0.0792. The van der Waals surface area contributed by atoms with Crippen LogP contribution in [-0.2, 0) is 22.6 Å². The van der Waals surface area contributed by atoms with E-state index in [4.69, 9.17) is 10.8 Å². The number of carboxylic acid groups (broad SMARTS) is 1. The minimum absolute atomic E-state index is 0.253. The Kier molecular flexibility index (Phi) is 2.94. The number of hydrogen-bond donors (Lipinski definition) is 3. The maximum absolute atomic E-state index is 12.1. The zero-order valence-electron chi connectivity index (χ0n) is 10.8. The van der Waals surface area contributed by atoms with Gasteiger partial charge in [-0.1, -0.05) is 18.2 Å². The number of amides is 1. The molecule has 0 saturated carbocycles. The highest BCUT2D eigenvalue weighted by molar-refractivity contribution is 5.90. The number of nitrogens with zero attached hydrogens (tertiary/aromatic N) is 1. The average Bonchev–Trinajstić information content (AvgIpc) is 2.69. The van der Waals surface area contributed by atoms with E-state index < -0.39 is 12.0 Å². The van der Waals surface area contributed by atoms with Gasteiger partial charge in [-0.05, 0) is 18.1 Å². The van der Waals surface area contributed by atoms with Gasteiger partial charge < -0.3 is 20.7 Å². The van der Waals surface area contributed by atoms with Gasteiger partial charge in [-0.3, -0.25) is 9.59 Å². The van der Waals surface area contributed by atoms with E-state index in [0.717, 1.165) is 22.2 Å². The zero-order valence-corrected chi connectivity index (χ0v) is 10.8. The Morgan fingerprint density at radius 2 is 2.20 bits per heavy atom. The van der Waals surface area contributed by atoms with Gasteiger partial charge in [0, 0.05) is 16.6 Å². The highest BCUT2D eigenvalue weighted by atomic mass is 16.4. The van der Waals surface area contributed by atoms with Crippen molar-refractivity contribution in [1.29, 1.82) is 0 Å². The van der Waals surface area contributed by atoms with Crippen molar-refractivity contribution in [3.05, 3.63) is 35.5 Å². The highest BCUT2D eigenvalue weighted by Crippen LogP contribution is 2.27. The van der Waals surface area contributed by atoms with Crippen LogP contribution in [0.3, 0.4) is 0 Å². The predicted octanol–water partition coefficient (Wildman–Crippen LogP) is 0.465. The molecule has 0 radical (unpaired) electrons. The largest absolute Gasteiger partial charge is 0.480 e. The molecule has 0 saturated heterocycles. The first-order valence-electron chi connectivity index (χ1n) is 6.41. The van der Waals surface area contributed by atoms with Gasteiger partial charge in [-0.2, -0.15) is 0 Å². The summed E-state index contributed by atoms with van der Waals surface area (Å²) in [5, 5.41) is 9.95. The summed E-state index contributed by atoms with van der Waals surface area (Å²) < 4.78 is 0. The fourth-order valence-electron chi connectivity index (χ4n) is 2.73. The van der Waals surface area contributed by atoms with Crippen LogP contribution >= 0.6 is 0 Å². The molecule has 6 heteroatoms. The van der Waals surface area contributed by atoms with Gasteiger partial charge in [-0.25, -0.2) is 0 Å². The quantitative estimate of drug-likeness (QED) is 0.740. The molecule has 104 valence electrons. The van der Waals surface area contributed by atoms with Crippen LogP contribution in [0, 0.1) is 0 Å². The number of aromatic nitrogens is 1. The van der Waals surface area contributed by atoms with E-state index >= 15 is 0 Å². The molecule has 0 aliphatic carbocycles. The fourth-order valence-corrected chi connectivity index (χ4v) is 2.73. The number of hydrogen-bond acceptors (Lipinski definition) is 3. The lowest BCUT2D eigenvalue weighted by molar-refractivity contribution is -0.145. The molecule has 4 N–H and O–H groups in total. The molecule has 1 aliphatic rings. The van der Waals surface area contributed by atoms with Gasteiger partial charge in [0.05, 0.1) is 12.6 Å². The lowest BCUT2D eigenvalue weighted by atomic mass is 10.0. The minimum atomic E-state index is -1.04. The number of carbonyl (C=O) groups is 2. The lowest BCUT2D eigenvalue weighted by Crippen LogP contribution is -2.44. The molecule has 2 heterocycles. The van der Waals surface area contributed by atoms with Crippen LogP contribution in [0.2, 0.25) is 0 Å². The van der Waals surface area contributed by atoms with Gasteiger partial charge in [0.25, 0.3) is 0 Å². The molecular formula is C14H15N3O3. The van der Waals surface area contributed by atoms with E-state index in [1.54, 1.807) is 0 Å². The molecule has 1 aromatic heterocycles. The van der Waals surface area contributed by atoms with Crippen molar-refractivity contribution in [2.75, 3.05) is 6.54 Å². The van der Waals surface area contributed by atoms with Gasteiger partial charge in [0.1, 0.15) is 6.54 Å². The summed E-state index contributed by atoms with van der Waals surface area (Å²) >= 11 is 0. The van der Waals surface area contributed by atoms with Crippen molar-refractivity contribution in [3.63, 3.8) is 0 Å². The smallest absolute Gasteiger partial charge is 0.323 e. The van der Waals surface area contributed by atoms with E-state index in [1.165, 1.54) is 4.90 Å². The molecule has 0 fully saturated rings. The number of fused-ring (bicyclic) bond motifs is 3. The van der Waals surface area contributed by atoms with Crippen molar-refractivity contribution in [1.82, 2.24) is 9.88 Å². The second kappa shape index (κ2) is 4.64. The molecule has 1 unspecified atom stereocenters. The number of H-pyrrole nitrogens is 1. The molecule has 0 bridgehead atoms. The lowest BCUT2D eigenvalue weighted by Gasteiger charge is -2.20. The Morgan fingerprint density at radius 3 is 2.95 bits per heavy atom. The number of nitrogens with one attached hydrogen (secondary N) is 1. The summed E-state index contributed by atoms with van der Waals surface area (Å²) in [5.74, 6) is -1.36. The third kappa shape index (κ3) is 2.04. The summed E-state index contributed by atoms with van der Waals surface area (Å²) in [5.41, 5.74) is 8.77. The van der Waals surface area contributed by atoms with E-state index in [9.17, 15) is 9.59 Å². The van der Waals surface area contributed by atoms with E-state index in [2.05, 4.69) is 4.98 Å². The molecule has 1 aliphatic heterocycles. The number of para-hydroxylation sites is 1. The van der Waals surface area contributed by atoms with Crippen LogP contribution in [0.5, 0.6) is 0 Å². The molecule has 3 rings (SSSR count). The average molecular weight is 273 g/mol. The van der Waals surface area contributed by atoms with Gasteiger partial charge in [0.15, 0.2) is 0 Å². The first-order valence-corrected chi connectivity index (χ1v) is 6.41. The third-order valence-corrected chi connectivity index (χ3v) is 3.63. The van der Waals surface area contributed by atoms with Crippen molar-refractivity contribution < 1.29 is 14.7 Å². The summed E-state index contributed by atoms with van der Waals surface area (Å²) in [4.78, 5) is 27.5. The second-order valence-corrected chi connectivity index (χ2v) is 5.03. The zero-order chi connectivity index (χ0) is 14.3. The second-order valence-electron chi connectivity index (χ2n) is 5.03. The van der Waals surface area contributed by atoms with Crippen molar-refractivity contribution >= 4 is 22.8 Å². The van der Waals surface area contributed by atoms with Crippen molar-refractivity contribution in [2.24, 2.45) is 5.73 Å². The number of aliphatic carboxylic acids is 1. The van der Waals surface area contributed by atoms with Crippen LogP contribution in [0.15, 0.2) is 24.3 Å². The maximum atomic E-state index is 12.1. The van der Waals surface area contributed by atoms with Crippen molar-refractivity contribution in [2.45, 2.75) is 19.0 Å². The molecule has 1 aromatic carbocycles. The number of nitrogens with two attached hydrogens (primary N) is 1. The summed E-state index contributed by atoms with van der Waals surface area (Å²) in [6.07, 6.45) is 0.425. The topological polar surface area (TPSA) is 99.4 Å². The molecule has 6 nitrogen and oxygen atoms in total. The van der Waals surface area contributed by atoms with Crippen molar-refractivity contribution in [3.8, 4) is 0 Å². The first kappa shape index (κ1) is 12.7. The number of carbonyl (C=O) groups excluding carboxylic acids is 1. The highest BCUT2D eigenvalue weighted by Gasteiger charge is 2.30. The normalized spacial score (nSPS) is 18.9. The number of carboxylic acids is 1. The van der Waals surface area contributed by atoms with Gasteiger partial charge in [0.2, 0.25) is 5.91 Å². The van der Waals surface area contributed by atoms with Crippen LogP contribution < -0.4 is 5.73 Å². The maximum Gasteiger partial charge on any atom is 0.323 e. The van der Waals surface area contributed by atoms with Gasteiger partial charge >= 0.3 is 5.97 Å². The minimum Gasteiger partial charge on any atom is -0.480 e. The SMILES string of the molecule is NC1Cc2c([nH]c3ccccc23)CN(CC(=O)O)C1=O. The van der Waals surface area contributed by atoms with Gasteiger partial charge in [-0.15, -0.1) is 0 Å². The Bertz CT molecular complexity index is 692. The molecule has 2 aromatic rings. The standard InChI is InChI=1S/C14H15N3O3/c15-10-5-9-8-3-1-2-4-11(8)16-12(9)6-17(14(10)20)7-13(18)19/h1-4,10,16H,5-7,15H2,(H,18,19). The van der Waals surface area contributed by atoms with Crippen LogP contribution in [0.25, 0.3) is 10.9 Å². The third-order valence-electron chi connectivity index (χ3n) is 3.63. The summed E-state index contributed by atoms with van der Waals surface area (Å²) in [6, 6.07) is 7.10. The number of aromatic amines is 1. The van der Waals surface area contributed by atoms with Crippen LogP contribution in [0.4, 0.5) is 0 Å². The molecular weight excluding hydrogens is 258 g/mol. The molecule has 1 atom stereocenters. The molecule has 1 amide bonds. The number of rotatable bonds is 2. The number of benzene rings is 1. The Labute approximate surface area is 115 Å². The monoisotopic (exact) mass is 273 g/mol. The van der Waals surface area contributed by atoms with Crippen LogP contribution in [0.1, 0.15) is 11.3 Å². The van der Waals surface area contributed by atoms with Crippen LogP contribution in [-0.4, -0.2) is 39.5 Å². The van der Waals surface area contributed by atoms with E-state index in [1.807, 2.05) is 24.3 Å². The van der Waals surface area contributed by atoms with E-state index in [0.29, 0.717) is 6.42 Å².